The molecular formula is C17H20ClN3O3. The summed E-state index contributed by atoms with van der Waals surface area (Å²) in [5.41, 5.74) is 6.73. The second kappa shape index (κ2) is 8.40. The minimum Gasteiger partial charge on any atom is -0.494 e. The number of rotatable bonds is 8. The van der Waals surface area contributed by atoms with Gasteiger partial charge in [-0.15, -0.1) is 0 Å². The number of hydrogen-bond acceptors (Lipinski definition) is 3. The van der Waals surface area contributed by atoms with Crippen molar-refractivity contribution >= 4 is 23.4 Å². The number of aromatic nitrogens is 1. The number of aromatic amines is 1. The highest BCUT2D eigenvalue weighted by atomic mass is 35.5. The molecule has 0 bridgehead atoms. The van der Waals surface area contributed by atoms with Crippen LogP contribution in [0.15, 0.2) is 36.5 Å². The molecule has 1 atom stereocenters. The van der Waals surface area contributed by atoms with Gasteiger partial charge in [-0.1, -0.05) is 23.7 Å². The average molecular weight is 350 g/mol. The van der Waals surface area contributed by atoms with Crippen LogP contribution in [-0.2, 0) is 11.2 Å². The van der Waals surface area contributed by atoms with Crippen molar-refractivity contribution in [3.05, 3.63) is 52.8 Å². The van der Waals surface area contributed by atoms with Crippen molar-refractivity contribution < 1.29 is 14.3 Å². The zero-order valence-electron chi connectivity index (χ0n) is 13.3. The molecule has 0 unspecified atom stereocenters. The van der Waals surface area contributed by atoms with Crippen molar-refractivity contribution in [3.8, 4) is 5.75 Å². The number of primary amides is 1. The molecule has 0 aliphatic heterocycles. The monoisotopic (exact) mass is 349 g/mol. The summed E-state index contributed by atoms with van der Waals surface area (Å²) in [6, 6.07) is 8.97. The quantitative estimate of drug-likeness (QED) is 0.681. The molecule has 4 N–H and O–H groups in total. The highest BCUT2D eigenvalue weighted by Gasteiger charge is 2.18. The molecule has 2 amide bonds. The Morgan fingerprint density at radius 2 is 2.04 bits per heavy atom. The molecule has 0 saturated carbocycles. The molecule has 0 fully saturated rings. The van der Waals surface area contributed by atoms with E-state index in [4.69, 9.17) is 22.1 Å². The van der Waals surface area contributed by atoms with Crippen LogP contribution in [0.5, 0.6) is 5.75 Å². The Bertz CT molecular complexity index is 697. The fraction of sp³-hybridized carbons (Fsp3) is 0.294. The van der Waals surface area contributed by atoms with Gasteiger partial charge in [0.2, 0.25) is 5.91 Å². The number of carbonyl (C=O) groups excluding carboxylic acids is 2. The van der Waals surface area contributed by atoms with Gasteiger partial charge in [-0.25, -0.2) is 0 Å². The third kappa shape index (κ3) is 5.03. The van der Waals surface area contributed by atoms with E-state index in [0.29, 0.717) is 23.7 Å². The smallest absolute Gasteiger partial charge is 0.267 e. The minimum absolute atomic E-state index is 0.151. The minimum atomic E-state index is -0.502. The summed E-state index contributed by atoms with van der Waals surface area (Å²) in [4.78, 5) is 26.4. The molecule has 2 rings (SSSR count). The normalized spacial score (nSPS) is 11.8. The number of ether oxygens (including phenoxy) is 1. The van der Waals surface area contributed by atoms with Crippen molar-refractivity contribution in [2.75, 3.05) is 13.2 Å². The van der Waals surface area contributed by atoms with Crippen LogP contribution in [0.25, 0.3) is 0 Å². The van der Waals surface area contributed by atoms with Gasteiger partial charge in [0.05, 0.1) is 17.5 Å². The van der Waals surface area contributed by atoms with Crippen LogP contribution in [0.2, 0.25) is 5.02 Å². The van der Waals surface area contributed by atoms with Crippen LogP contribution in [0.1, 0.15) is 23.0 Å². The molecule has 128 valence electrons. The first kappa shape index (κ1) is 17.9. The number of nitrogens with one attached hydrogen (secondary N) is 2. The third-order valence-electron chi connectivity index (χ3n) is 3.52. The molecule has 0 aliphatic rings. The second-order valence-electron chi connectivity index (χ2n) is 5.32. The molecule has 6 nitrogen and oxygen atoms in total. The Morgan fingerprint density at radius 1 is 1.33 bits per heavy atom. The Labute approximate surface area is 145 Å². The number of halogens is 1. The Balaban J connectivity index is 1.94. The van der Waals surface area contributed by atoms with Crippen LogP contribution in [0.4, 0.5) is 0 Å². The Morgan fingerprint density at radius 3 is 2.58 bits per heavy atom. The molecular weight excluding hydrogens is 330 g/mol. The molecule has 0 saturated heterocycles. The maximum Gasteiger partial charge on any atom is 0.267 e. The van der Waals surface area contributed by atoms with Crippen molar-refractivity contribution in [3.63, 3.8) is 0 Å². The summed E-state index contributed by atoms with van der Waals surface area (Å²) in [6.07, 6.45) is 1.95. The molecule has 0 spiro atoms. The van der Waals surface area contributed by atoms with Crippen LogP contribution in [0, 0.1) is 5.92 Å². The van der Waals surface area contributed by atoms with Crippen molar-refractivity contribution in [2.24, 2.45) is 11.7 Å². The predicted octanol–water partition coefficient (Wildman–Crippen LogP) is 2.14. The van der Waals surface area contributed by atoms with E-state index in [1.807, 2.05) is 31.2 Å². The first-order chi connectivity index (χ1) is 11.5. The SMILES string of the molecule is CCOc1ccc(C[C@H](CNC(=O)c2cc(Cl)c[nH]2)C(N)=O)cc1. The van der Waals surface area contributed by atoms with Crippen LogP contribution < -0.4 is 15.8 Å². The lowest BCUT2D eigenvalue weighted by Gasteiger charge is -2.14. The van der Waals surface area contributed by atoms with Gasteiger partial charge < -0.3 is 20.8 Å². The first-order valence-corrected chi connectivity index (χ1v) is 8.00. The van der Waals surface area contributed by atoms with Gasteiger partial charge in [0, 0.05) is 12.7 Å². The van der Waals surface area contributed by atoms with Crippen molar-refractivity contribution in [2.45, 2.75) is 13.3 Å². The molecule has 2 aromatic rings. The van der Waals surface area contributed by atoms with Gasteiger partial charge in [0.15, 0.2) is 0 Å². The van der Waals surface area contributed by atoms with E-state index in [2.05, 4.69) is 10.3 Å². The summed E-state index contributed by atoms with van der Waals surface area (Å²) >= 11 is 5.76. The standard InChI is InChI=1S/C17H20ClN3O3/c1-2-24-14-5-3-11(4-6-14)7-12(16(19)22)9-21-17(23)15-8-13(18)10-20-15/h3-6,8,10,12,20H,2,7,9H2,1H3,(H2,19,22)(H,21,23)/t12-/m1/s1. The molecule has 1 aromatic carbocycles. The van der Waals surface area contributed by atoms with E-state index in [9.17, 15) is 9.59 Å². The summed E-state index contributed by atoms with van der Waals surface area (Å²) in [5, 5.41) is 3.14. The van der Waals surface area contributed by atoms with Gasteiger partial charge >= 0.3 is 0 Å². The van der Waals surface area contributed by atoms with Crippen LogP contribution in [-0.4, -0.2) is 29.9 Å². The van der Waals surface area contributed by atoms with E-state index >= 15 is 0 Å². The predicted molar refractivity (Wildman–Crippen MR) is 92.1 cm³/mol. The molecule has 1 heterocycles. The Hall–Kier alpha value is -2.47. The average Bonchev–Trinajstić information content (AvgIpc) is 2.99. The number of H-pyrrole nitrogens is 1. The maximum atomic E-state index is 12.0. The Kier molecular flexibility index (Phi) is 6.26. The van der Waals surface area contributed by atoms with Gasteiger partial charge in [-0.2, -0.15) is 0 Å². The lowest BCUT2D eigenvalue weighted by Crippen LogP contribution is -2.37. The van der Waals surface area contributed by atoms with Crippen molar-refractivity contribution in [1.29, 1.82) is 0 Å². The number of hydrogen-bond donors (Lipinski definition) is 3. The lowest BCUT2D eigenvalue weighted by molar-refractivity contribution is -0.121. The molecule has 1 aromatic heterocycles. The summed E-state index contributed by atoms with van der Waals surface area (Å²) in [6.45, 7) is 2.66. The van der Waals surface area contributed by atoms with Gasteiger partial charge in [0.25, 0.3) is 5.91 Å². The lowest BCUT2D eigenvalue weighted by atomic mass is 9.98. The largest absolute Gasteiger partial charge is 0.494 e. The topological polar surface area (TPSA) is 97.2 Å². The second-order valence-corrected chi connectivity index (χ2v) is 5.76. The van der Waals surface area contributed by atoms with Gasteiger partial charge in [0.1, 0.15) is 11.4 Å². The number of nitrogens with two attached hydrogens (primary N) is 1. The highest BCUT2D eigenvalue weighted by Crippen LogP contribution is 2.15. The number of carbonyl (C=O) groups is 2. The van der Waals surface area contributed by atoms with Crippen molar-refractivity contribution in [1.82, 2.24) is 10.3 Å². The molecule has 7 heteroatoms. The van der Waals surface area contributed by atoms with Gasteiger partial charge in [-0.3, -0.25) is 9.59 Å². The molecule has 0 radical (unpaired) electrons. The van der Waals surface area contributed by atoms with E-state index < -0.39 is 11.8 Å². The molecule has 24 heavy (non-hydrogen) atoms. The van der Waals surface area contributed by atoms with Gasteiger partial charge in [-0.05, 0) is 37.1 Å². The highest BCUT2D eigenvalue weighted by molar-refractivity contribution is 6.30. The first-order valence-electron chi connectivity index (χ1n) is 7.62. The molecule has 0 aliphatic carbocycles. The van der Waals surface area contributed by atoms with E-state index in [1.165, 1.54) is 12.3 Å². The third-order valence-corrected chi connectivity index (χ3v) is 3.74. The van der Waals surface area contributed by atoms with E-state index in [1.54, 1.807) is 0 Å². The maximum absolute atomic E-state index is 12.0. The summed E-state index contributed by atoms with van der Waals surface area (Å²) < 4.78 is 5.38. The van der Waals surface area contributed by atoms with Crippen LogP contribution >= 0.6 is 11.6 Å². The zero-order valence-corrected chi connectivity index (χ0v) is 14.1. The van der Waals surface area contributed by atoms with Crippen LogP contribution in [0.3, 0.4) is 0 Å². The summed E-state index contributed by atoms with van der Waals surface area (Å²) in [7, 11) is 0. The number of amides is 2. The fourth-order valence-corrected chi connectivity index (χ4v) is 2.42. The summed E-state index contributed by atoms with van der Waals surface area (Å²) in [5.74, 6) is -0.528. The number of benzene rings is 1. The van der Waals surface area contributed by atoms with E-state index in [0.717, 1.165) is 11.3 Å². The van der Waals surface area contributed by atoms with E-state index in [-0.39, 0.29) is 12.5 Å². The zero-order chi connectivity index (χ0) is 17.5. The fourth-order valence-electron chi connectivity index (χ4n) is 2.26.